The smallest absolute Gasteiger partial charge is 0.287 e. The van der Waals surface area contributed by atoms with Crippen LogP contribution in [0.4, 0.5) is 0 Å². The summed E-state index contributed by atoms with van der Waals surface area (Å²) in [4.78, 5) is 11.9. The van der Waals surface area contributed by atoms with Crippen LogP contribution in [0.3, 0.4) is 0 Å². The zero-order valence-corrected chi connectivity index (χ0v) is 11.2. The van der Waals surface area contributed by atoms with E-state index in [0.717, 1.165) is 19.3 Å². The van der Waals surface area contributed by atoms with Gasteiger partial charge in [0.15, 0.2) is 5.76 Å². The Labute approximate surface area is 111 Å². The van der Waals surface area contributed by atoms with Crippen molar-refractivity contribution in [1.82, 2.24) is 5.32 Å². The molecule has 5 N–H and O–H groups in total. The van der Waals surface area contributed by atoms with Gasteiger partial charge in [-0.3, -0.25) is 4.79 Å². The van der Waals surface area contributed by atoms with Gasteiger partial charge in [0.1, 0.15) is 0 Å². The average molecular weight is 287 g/mol. The maximum atomic E-state index is 11.9. The molecule has 1 amide bonds. The second kappa shape index (κ2) is 5.32. The van der Waals surface area contributed by atoms with E-state index in [2.05, 4.69) is 5.32 Å². The lowest BCUT2D eigenvalue weighted by Crippen LogP contribution is -2.39. The summed E-state index contributed by atoms with van der Waals surface area (Å²) >= 11 is 0. The Morgan fingerprint density at radius 1 is 1.42 bits per heavy atom. The molecule has 1 heterocycles. The fourth-order valence-corrected chi connectivity index (χ4v) is 2.81. The van der Waals surface area contributed by atoms with Crippen LogP contribution in [0.25, 0.3) is 0 Å². The largest absolute Gasteiger partial charge is 0.438 e. The van der Waals surface area contributed by atoms with Crippen LogP contribution < -0.4 is 16.2 Å². The van der Waals surface area contributed by atoms with Crippen molar-refractivity contribution >= 4 is 15.9 Å². The first-order chi connectivity index (χ1) is 8.91. The van der Waals surface area contributed by atoms with Crippen LogP contribution in [0.1, 0.15) is 29.8 Å². The van der Waals surface area contributed by atoms with Crippen molar-refractivity contribution in [2.75, 3.05) is 6.54 Å². The van der Waals surface area contributed by atoms with Crippen LogP contribution in [0, 0.1) is 5.92 Å². The van der Waals surface area contributed by atoms with Gasteiger partial charge in [-0.25, -0.2) is 13.6 Å². The van der Waals surface area contributed by atoms with Crippen molar-refractivity contribution < 1.29 is 17.6 Å². The van der Waals surface area contributed by atoms with Crippen molar-refractivity contribution in [2.24, 2.45) is 16.8 Å². The van der Waals surface area contributed by atoms with Crippen LogP contribution in [-0.4, -0.2) is 26.9 Å². The summed E-state index contributed by atoms with van der Waals surface area (Å²) < 4.78 is 27.0. The SMILES string of the molecule is NCC1CCCC1NC(=O)c1ccc(S(N)(=O)=O)o1. The normalized spacial score (nSPS) is 23.5. The Kier molecular flexibility index (Phi) is 3.93. The predicted octanol–water partition coefficient (Wildman–Crippen LogP) is -0.216. The molecule has 0 aliphatic heterocycles. The molecule has 106 valence electrons. The van der Waals surface area contributed by atoms with E-state index in [0.29, 0.717) is 6.54 Å². The summed E-state index contributed by atoms with van der Waals surface area (Å²) in [7, 11) is -3.92. The fraction of sp³-hybridized carbons (Fsp3) is 0.545. The number of primary sulfonamides is 1. The highest BCUT2D eigenvalue weighted by Crippen LogP contribution is 2.25. The Balaban J connectivity index is 2.06. The number of carbonyl (C=O) groups excluding carboxylic acids is 1. The van der Waals surface area contributed by atoms with E-state index in [9.17, 15) is 13.2 Å². The minimum Gasteiger partial charge on any atom is -0.438 e. The maximum Gasteiger partial charge on any atom is 0.287 e. The van der Waals surface area contributed by atoms with Gasteiger partial charge >= 0.3 is 0 Å². The first-order valence-electron chi connectivity index (χ1n) is 6.05. The number of carbonyl (C=O) groups is 1. The fourth-order valence-electron chi connectivity index (χ4n) is 2.34. The summed E-state index contributed by atoms with van der Waals surface area (Å²) in [6.07, 6.45) is 2.88. The van der Waals surface area contributed by atoms with Crippen molar-refractivity contribution in [1.29, 1.82) is 0 Å². The standard InChI is InChI=1S/C11H17N3O4S/c12-6-7-2-1-3-8(7)14-11(15)9-4-5-10(18-9)19(13,16)17/h4-5,7-8H,1-3,6,12H2,(H,14,15)(H2,13,16,17). The third-order valence-corrected chi connectivity index (χ3v) is 4.14. The van der Waals surface area contributed by atoms with Crippen LogP contribution in [-0.2, 0) is 10.0 Å². The second-order valence-corrected chi connectivity index (χ2v) is 6.16. The molecule has 1 aliphatic carbocycles. The number of furan rings is 1. The minimum atomic E-state index is -3.92. The van der Waals surface area contributed by atoms with Gasteiger partial charge in [0.2, 0.25) is 5.09 Å². The summed E-state index contributed by atoms with van der Waals surface area (Å²) in [5.41, 5.74) is 5.63. The van der Waals surface area contributed by atoms with E-state index in [1.54, 1.807) is 0 Å². The summed E-state index contributed by atoms with van der Waals surface area (Å²) in [5, 5.41) is 7.30. The molecule has 1 aromatic heterocycles. The summed E-state index contributed by atoms with van der Waals surface area (Å²) in [6, 6.07) is 2.47. The van der Waals surface area contributed by atoms with Crippen molar-refractivity contribution in [2.45, 2.75) is 30.4 Å². The van der Waals surface area contributed by atoms with Gasteiger partial charge in [0.25, 0.3) is 15.9 Å². The highest BCUT2D eigenvalue weighted by atomic mass is 32.2. The van der Waals surface area contributed by atoms with Crippen LogP contribution in [0.15, 0.2) is 21.6 Å². The van der Waals surface area contributed by atoms with Gasteiger partial charge in [0, 0.05) is 6.04 Å². The van der Waals surface area contributed by atoms with E-state index in [1.807, 2.05) is 0 Å². The van der Waals surface area contributed by atoms with Crippen molar-refractivity contribution in [3.63, 3.8) is 0 Å². The first kappa shape index (κ1) is 14.0. The van der Waals surface area contributed by atoms with E-state index in [4.69, 9.17) is 15.3 Å². The molecule has 1 fully saturated rings. The maximum absolute atomic E-state index is 11.9. The molecule has 0 aromatic carbocycles. The lowest BCUT2D eigenvalue weighted by Gasteiger charge is -2.18. The summed E-state index contributed by atoms with van der Waals surface area (Å²) in [6.45, 7) is 0.519. The molecule has 7 nitrogen and oxygen atoms in total. The zero-order valence-electron chi connectivity index (χ0n) is 10.3. The van der Waals surface area contributed by atoms with Crippen LogP contribution in [0.5, 0.6) is 0 Å². The number of nitrogens with two attached hydrogens (primary N) is 2. The number of amides is 1. The lowest BCUT2D eigenvalue weighted by atomic mass is 10.0. The first-order valence-corrected chi connectivity index (χ1v) is 7.60. The number of sulfonamides is 1. The number of nitrogens with one attached hydrogen (secondary N) is 1. The Morgan fingerprint density at radius 2 is 2.16 bits per heavy atom. The molecule has 2 atom stereocenters. The quantitative estimate of drug-likeness (QED) is 0.705. The topological polar surface area (TPSA) is 128 Å². The predicted molar refractivity (Wildman–Crippen MR) is 67.7 cm³/mol. The molecule has 1 aliphatic rings. The van der Waals surface area contributed by atoms with E-state index < -0.39 is 21.0 Å². The number of hydrogen-bond donors (Lipinski definition) is 3. The highest BCUT2D eigenvalue weighted by molar-refractivity contribution is 7.89. The van der Waals surface area contributed by atoms with Crippen LogP contribution in [0.2, 0.25) is 0 Å². The molecule has 19 heavy (non-hydrogen) atoms. The number of rotatable bonds is 4. The van der Waals surface area contributed by atoms with E-state index in [-0.39, 0.29) is 17.7 Å². The molecule has 0 radical (unpaired) electrons. The molecule has 0 bridgehead atoms. The molecule has 0 saturated heterocycles. The minimum absolute atomic E-state index is 0.0144. The summed E-state index contributed by atoms with van der Waals surface area (Å²) in [5.74, 6) is -0.247. The third-order valence-electron chi connectivity index (χ3n) is 3.36. The average Bonchev–Trinajstić information content (AvgIpc) is 2.95. The van der Waals surface area contributed by atoms with Gasteiger partial charge in [0.05, 0.1) is 0 Å². The highest BCUT2D eigenvalue weighted by Gasteiger charge is 2.28. The van der Waals surface area contributed by atoms with Gasteiger partial charge in [-0.2, -0.15) is 0 Å². The molecule has 0 spiro atoms. The van der Waals surface area contributed by atoms with Gasteiger partial charge in [-0.05, 0) is 37.4 Å². The Hall–Kier alpha value is -1.38. The van der Waals surface area contributed by atoms with E-state index >= 15 is 0 Å². The molecule has 2 unspecified atom stereocenters. The molecular formula is C11H17N3O4S. The Bertz CT molecular complexity index is 566. The zero-order chi connectivity index (χ0) is 14.0. The molecule has 8 heteroatoms. The molecule has 1 aromatic rings. The van der Waals surface area contributed by atoms with Gasteiger partial charge in [-0.15, -0.1) is 0 Å². The third kappa shape index (κ3) is 3.14. The van der Waals surface area contributed by atoms with Crippen LogP contribution >= 0.6 is 0 Å². The lowest BCUT2D eigenvalue weighted by molar-refractivity contribution is 0.0895. The van der Waals surface area contributed by atoms with Gasteiger partial charge < -0.3 is 15.5 Å². The Morgan fingerprint density at radius 3 is 2.74 bits per heavy atom. The van der Waals surface area contributed by atoms with Crippen molar-refractivity contribution in [3.8, 4) is 0 Å². The number of hydrogen-bond acceptors (Lipinski definition) is 5. The molecular weight excluding hydrogens is 270 g/mol. The van der Waals surface area contributed by atoms with Gasteiger partial charge in [-0.1, -0.05) is 6.42 Å². The molecule has 2 rings (SSSR count). The second-order valence-electron chi connectivity index (χ2n) is 4.67. The molecule has 1 saturated carbocycles. The van der Waals surface area contributed by atoms with Crippen molar-refractivity contribution in [3.05, 3.63) is 17.9 Å². The monoisotopic (exact) mass is 287 g/mol. The van der Waals surface area contributed by atoms with E-state index in [1.165, 1.54) is 12.1 Å².